The molecule has 0 unspecified atom stereocenters. The number of hydrogen-bond acceptors (Lipinski definition) is 2. The van der Waals surface area contributed by atoms with Gasteiger partial charge in [-0.05, 0) is 6.42 Å². The Bertz CT molecular complexity index is 121. The molecule has 11 heavy (non-hydrogen) atoms. The van der Waals surface area contributed by atoms with E-state index in [1.807, 2.05) is 0 Å². The third-order valence-corrected chi connectivity index (χ3v) is 1.27. The van der Waals surface area contributed by atoms with Gasteiger partial charge in [0.1, 0.15) is 13.2 Å². The van der Waals surface area contributed by atoms with E-state index in [1.54, 1.807) is 0 Å². The summed E-state index contributed by atoms with van der Waals surface area (Å²) in [6.07, 6.45) is 3.54. The van der Waals surface area contributed by atoms with Crippen LogP contribution in [-0.2, 0) is 4.74 Å². The van der Waals surface area contributed by atoms with Crippen LogP contribution in [0, 0.1) is 11.8 Å². The van der Waals surface area contributed by atoms with E-state index in [0.717, 1.165) is 13.0 Å². The lowest BCUT2D eigenvalue weighted by Gasteiger charge is -1.96. The van der Waals surface area contributed by atoms with Crippen molar-refractivity contribution in [2.45, 2.75) is 26.2 Å². The molecule has 0 bridgehead atoms. The van der Waals surface area contributed by atoms with Gasteiger partial charge in [0.25, 0.3) is 0 Å². The van der Waals surface area contributed by atoms with Gasteiger partial charge in [0, 0.05) is 6.61 Å². The number of unbranched alkanes of at least 4 members (excludes halogenated alkanes) is 2. The topological polar surface area (TPSA) is 29.5 Å². The van der Waals surface area contributed by atoms with Gasteiger partial charge in [-0.3, -0.25) is 0 Å². The number of rotatable bonds is 5. The Labute approximate surface area is 68.6 Å². The van der Waals surface area contributed by atoms with E-state index in [-0.39, 0.29) is 6.61 Å². The van der Waals surface area contributed by atoms with Crippen molar-refractivity contribution in [1.29, 1.82) is 0 Å². The summed E-state index contributed by atoms with van der Waals surface area (Å²) in [5.41, 5.74) is 0. The molecular formula is C9H16O2. The van der Waals surface area contributed by atoms with Crippen molar-refractivity contribution in [3.63, 3.8) is 0 Å². The molecule has 0 fully saturated rings. The number of ether oxygens (including phenoxy) is 1. The van der Waals surface area contributed by atoms with Crippen molar-refractivity contribution in [3.8, 4) is 11.8 Å². The molecule has 0 aliphatic rings. The van der Waals surface area contributed by atoms with Gasteiger partial charge in [-0.15, -0.1) is 0 Å². The lowest BCUT2D eigenvalue weighted by molar-refractivity contribution is 0.162. The van der Waals surface area contributed by atoms with E-state index in [2.05, 4.69) is 18.8 Å². The highest BCUT2D eigenvalue weighted by Gasteiger charge is 1.84. The SMILES string of the molecule is CCCCCOCC#CCO. The van der Waals surface area contributed by atoms with Crippen LogP contribution in [0.3, 0.4) is 0 Å². The fraction of sp³-hybridized carbons (Fsp3) is 0.778. The van der Waals surface area contributed by atoms with Crippen LogP contribution in [0.1, 0.15) is 26.2 Å². The third kappa shape index (κ3) is 9.48. The Kier molecular flexibility index (Phi) is 9.03. The smallest absolute Gasteiger partial charge is 0.107 e. The first kappa shape index (κ1) is 10.5. The molecule has 0 radical (unpaired) electrons. The standard InChI is InChI=1S/C9H16O2/c1-2-3-5-8-11-9-6-4-7-10/h10H,2-3,5,7-9H2,1H3. The molecule has 0 rings (SSSR count). The predicted molar refractivity (Wildman–Crippen MR) is 45.2 cm³/mol. The minimum Gasteiger partial charge on any atom is -0.384 e. The van der Waals surface area contributed by atoms with E-state index >= 15 is 0 Å². The van der Waals surface area contributed by atoms with E-state index < -0.39 is 0 Å². The second-order valence-electron chi connectivity index (χ2n) is 2.27. The van der Waals surface area contributed by atoms with Crippen LogP contribution in [0.5, 0.6) is 0 Å². The molecule has 0 amide bonds. The zero-order valence-corrected chi connectivity index (χ0v) is 7.10. The summed E-state index contributed by atoms with van der Waals surface area (Å²) in [5, 5.41) is 8.28. The van der Waals surface area contributed by atoms with Gasteiger partial charge in [0.2, 0.25) is 0 Å². The summed E-state index contributed by atoms with van der Waals surface area (Å²) < 4.78 is 5.15. The van der Waals surface area contributed by atoms with Crippen molar-refractivity contribution in [3.05, 3.63) is 0 Å². The van der Waals surface area contributed by atoms with Crippen molar-refractivity contribution < 1.29 is 9.84 Å². The molecular weight excluding hydrogens is 140 g/mol. The minimum absolute atomic E-state index is 0.0711. The average Bonchev–Trinajstić information content (AvgIpc) is 2.03. The van der Waals surface area contributed by atoms with E-state index in [0.29, 0.717) is 6.61 Å². The normalized spacial score (nSPS) is 8.91. The van der Waals surface area contributed by atoms with Gasteiger partial charge < -0.3 is 9.84 Å². The van der Waals surface area contributed by atoms with Crippen molar-refractivity contribution in [1.82, 2.24) is 0 Å². The van der Waals surface area contributed by atoms with E-state index in [9.17, 15) is 0 Å². The first-order chi connectivity index (χ1) is 5.41. The number of aliphatic hydroxyl groups is 1. The Hall–Kier alpha value is -0.520. The highest BCUT2D eigenvalue weighted by molar-refractivity contribution is 4.98. The largest absolute Gasteiger partial charge is 0.384 e. The zero-order chi connectivity index (χ0) is 8.36. The molecule has 2 heteroatoms. The maximum Gasteiger partial charge on any atom is 0.107 e. The minimum atomic E-state index is -0.0711. The van der Waals surface area contributed by atoms with Gasteiger partial charge in [0.05, 0.1) is 0 Å². The van der Waals surface area contributed by atoms with Crippen molar-refractivity contribution >= 4 is 0 Å². The Morgan fingerprint density at radius 1 is 1.27 bits per heavy atom. The van der Waals surface area contributed by atoms with Crippen LogP contribution in [0.15, 0.2) is 0 Å². The van der Waals surface area contributed by atoms with Crippen molar-refractivity contribution in [2.24, 2.45) is 0 Å². The Morgan fingerprint density at radius 3 is 2.73 bits per heavy atom. The zero-order valence-electron chi connectivity index (χ0n) is 7.10. The number of hydrogen-bond donors (Lipinski definition) is 1. The van der Waals surface area contributed by atoms with Gasteiger partial charge in [0.15, 0.2) is 0 Å². The van der Waals surface area contributed by atoms with Crippen LogP contribution >= 0.6 is 0 Å². The summed E-state index contributed by atoms with van der Waals surface area (Å²) in [4.78, 5) is 0. The highest BCUT2D eigenvalue weighted by Crippen LogP contribution is 1.93. The molecule has 0 atom stereocenters. The Morgan fingerprint density at radius 2 is 2.09 bits per heavy atom. The molecule has 0 spiro atoms. The maximum absolute atomic E-state index is 8.28. The van der Waals surface area contributed by atoms with Gasteiger partial charge >= 0.3 is 0 Å². The summed E-state index contributed by atoms with van der Waals surface area (Å²) >= 11 is 0. The quantitative estimate of drug-likeness (QED) is 0.478. The van der Waals surface area contributed by atoms with Crippen LogP contribution in [0.4, 0.5) is 0 Å². The molecule has 0 saturated heterocycles. The van der Waals surface area contributed by atoms with Gasteiger partial charge in [-0.1, -0.05) is 31.6 Å². The molecule has 0 aromatic heterocycles. The van der Waals surface area contributed by atoms with E-state index in [1.165, 1.54) is 12.8 Å². The van der Waals surface area contributed by atoms with Gasteiger partial charge in [-0.2, -0.15) is 0 Å². The molecule has 2 nitrogen and oxygen atoms in total. The van der Waals surface area contributed by atoms with Crippen LogP contribution in [-0.4, -0.2) is 24.9 Å². The lowest BCUT2D eigenvalue weighted by atomic mass is 10.3. The molecule has 64 valence electrons. The van der Waals surface area contributed by atoms with E-state index in [4.69, 9.17) is 9.84 Å². The number of aliphatic hydroxyl groups excluding tert-OH is 1. The molecule has 0 aliphatic heterocycles. The maximum atomic E-state index is 8.28. The van der Waals surface area contributed by atoms with Crippen LogP contribution < -0.4 is 0 Å². The molecule has 1 N–H and O–H groups in total. The second kappa shape index (κ2) is 9.48. The molecule has 0 aromatic rings. The molecule has 0 saturated carbocycles. The van der Waals surface area contributed by atoms with Gasteiger partial charge in [-0.25, -0.2) is 0 Å². The lowest BCUT2D eigenvalue weighted by Crippen LogP contribution is -1.94. The summed E-state index contributed by atoms with van der Waals surface area (Å²) in [6, 6.07) is 0. The predicted octanol–water partition coefficient (Wildman–Crippen LogP) is 1.19. The Balaban J connectivity index is 2.90. The fourth-order valence-corrected chi connectivity index (χ4v) is 0.684. The average molecular weight is 156 g/mol. The first-order valence-electron chi connectivity index (χ1n) is 4.06. The highest BCUT2D eigenvalue weighted by atomic mass is 16.5. The summed E-state index contributed by atoms with van der Waals surface area (Å²) in [6.45, 7) is 3.32. The van der Waals surface area contributed by atoms with Crippen LogP contribution in [0.2, 0.25) is 0 Å². The second-order valence-corrected chi connectivity index (χ2v) is 2.27. The molecule has 0 heterocycles. The molecule has 0 aliphatic carbocycles. The fourth-order valence-electron chi connectivity index (χ4n) is 0.684. The third-order valence-electron chi connectivity index (χ3n) is 1.27. The monoisotopic (exact) mass is 156 g/mol. The summed E-state index contributed by atoms with van der Waals surface area (Å²) in [7, 11) is 0. The van der Waals surface area contributed by atoms with Crippen molar-refractivity contribution in [2.75, 3.05) is 19.8 Å². The van der Waals surface area contributed by atoms with Crippen LogP contribution in [0.25, 0.3) is 0 Å². The first-order valence-corrected chi connectivity index (χ1v) is 4.06. The molecule has 0 aromatic carbocycles. The summed E-state index contributed by atoms with van der Waals surface area (Å²) in [5.74, 6) is 5.21.